The highest BCUT2D eigenvalue weighted by atomic mass is 32.2. The van der Waals surface area contributed by atoms with Gasteiger partial charge in [0.05, 0.1) is 0 Å². The Hall–Kier alpha value is 0.230. The van der Waals surface area contributed by atoms with Gasteiger partial charge in [-0.15, -0.1) is 0 Å². The zero-order chi connectivity index (χ0) is 11.8. The third-order valence-corrected chi connectivity index (χ3v) is 4.18. The van der Waals surface area contributed by atoms with Crippen molar-refractivity contribution in [2.75, 3.05) is 26.0 Å². The third-order valence-electron chi connectivity index (χ3n) is 3.01. The van der Waals surface area contributed by atoms with Gasteiger partial charge >= 0.3 is 0 Å². The van der Waals surface area contributed by atoms with Gasteiger partial charge in [0, 0.05) is 31.1 Å². The maximum Gasteiger partial charge on any atom is 0.169 e. The van der Waals surface area contributed by atoms with Crippen LogP contribution in [0.25, 0.3) is 0 Å². The van der Waals surface area contributed by atoms with Crippen molar-refractivity contribution in [3.8, 4) is 0 Å². The van der Waals surface area contributed by atoms with Crippen LogP contribution in [0.1, 0.15) is 33.1 Å². The summed E-state index contributed by atoms with van der Waals surface area (Å²) >= 11 is 1.97. The molecule has 3 nitrogen and oxygen atoms in total. The van der Waals surface area contributed by atoms with E-state index in [1.54, 1.807) is 0 Å². The highest BCUT2D eigenvalue weighted by Crippen LogP contribution is 2.28. The Morgan fingerprint density at radius 2 is 1.94 bits per heavy atom. The molecule has 1 rings (SSSR count). The molecule has 0 amide bonds. The van der Waals surface area contributed by atoms with Gasteiger partial charge in [-0.3, -0.25) is 0 Å². The van der Waals surface area contributed by atoms with Crippen LogP contribution in [-0.2, 0) is 9.47 Å². The lowest BCUT2D eigenvalue weighted by atomic mass is 10.2. The number of thioether (sulfide) groups is 1. The molecule has 96 valence electrons. The zero-order valence-corrected chi connectivity index (χ0v) is 11.5. The van der Waals surface area contributed by atoms with Crippen molar-refractivity contribution in [1.29, 1.82) is 0 Å². The molecule has 2 unspecified atom stereocenters. The Labute approximate surface area is 104 Å². The second-order valence-corrected chi connectivity index (χ2v) is 5.14. The molecule has 0 spiro atoms. The molecule has 1 aliphatic rings. The molecule has 4 heteroatoms. The molecule has 1 saturated carbocycles. The Balaban J connectivity index is 2.24. The predicted octanol–water partition coefficient (Wildman–Crippen LogP) is 2.26. The monoisotopic (exact) mass is 247 g/mol. The van der Waals surface area contributed by atoms with Crippen molar-refractivity contribution >= 4 is 11.8 Å². The van der Waals surface area contributed by atoms with E-state index in [1.165, 1.54) is 19.3 Å². The van der Waals surface area contributed by atoms with Crippen LogP contribution in [0.4, 0.5) is 0 Å². The van der Waals surface area contributed by atoms with Crippen LogP contribution in [0.3, 0.4) is 0 Å². The maximum atomic E-state index is 5.52. The fraction of sp³-hybridized carbons (Fsp3) is 1.00. The highest BCUT2D eigenvalue weighted by molar-refractivity contribution is 7.99. The average molecular weight is 247 g/mol. The van der Waals surface area contributed by atoms with Crippen LogP contribution in [0.2, 0.25) is 0 Å². The largest absolute Gasteiger partial charge is 0.352 e. The summed E-state index contributed by atoms with van der Waals surface area (Å²) in [4.78, 5) is 0. The smallest absolute Gasteiger partial charge is 0.169 e. The third kappa shape index (κ3) is 4.62. The van der Waals surface area contributed by atoms with E-state index in [-0.39, 0.29) is 6.29 Å². The molecule has 0 saturated heterocycles. The molecule has 0 aromatic heterocycles. The molecule has 0 aromatic rings. The van der Waals surface area contributed by atoms with E-state index in [2.05, 4.69) is 11.6 Å². The van der Waals surface area contributed by atoms with E-state index >= 15 is 0 Å². The van der Waals surface area contributed by atoms with Crippen LogP contribution in [-0.4, -0.2) is 43.6 Å². The fourth-order valence-corrected chi connectivity index (χ4v) is 3.19. The molecular formula is C12H25NO2S. The number of ether oxygens (including phenoxy) is 2. The summed E-state index contributed by atoms with van der Waals surface area (Å²) in [5.74, 6) is 0. The minimum absolute atomic E-state index is 0.0851. The Morgan fingerprint density at radius 3 is 2.50 bits per heavy atom. The van der Waals surface area contributed by atoms with Crippen LogP contribution >= 0.6 is 11.8 Å². The van der Waals surface area contributed by atoms with Crippen molar-refractivity contribution in [2.24, 2.45) is 0 Å². The van der Waals surface area contributed by atoms with Gasteiger partial charge in [0.2, 0.25) is 0 Å². The van der Waals surface area contributed by atoms with Gasteiger partial charge in [-0.1, -0.05) is 6.42 Å². The van der Waals surface area contributed by atoms with Crippen molar-refractivity contribution < 1.29 is 9.47 Å². The standard InChI is InChI=1S/C12H25NO2S/c1-4-14-12(15-5-2)9-13-10-7-6-8-11(10)16-3/h10-13H,4-9H2,1-3H3. The molecule has 0 aromatic carbocycles. The summed E-state index contributed by atoms with van der Waals surface area (Å²) in [7, 11) is 0. The average Bonchev–Trinajstić information content (AvgIpc) is 2.74. The van der Waals surface area contributed by atoms with Gasteiger partial charge < -0.3 is 14.8 Å². The first-order chi connectivity index (χ1) is 7.81. The molecule has 2 atom stereocenters. The lowest BCUT2D eigenvalue weighted by molar-refractivity contribution is -0.133. The van der Waals surface area contributed by atoms with Gasteiger partial charge in [0.25, 0.3) is 0 Å². The lowest BCUT2D eigenvalue weighted by Crippen LogP contribution is -2.40. The second kappa shape index (κ2) is 8.34. The van der Waals surface area contributed by atoms with Crippen molar-refractivity contribution in [2.45, 2.75) is 50.7 Å². The molecule has 1 aliphatic carbocycles. The molecule has 0 bridgehead atoms. The summed E-state index contributed by atoms with van der Waals surface area (Å²) in [5.41, 5.74) is 0. The summed E-state index contributed by atoms with van der Waals surface area (Å²) in [6.45, 7) is 6.24. The molecule has 1 fully saturated rings. The normalized spacial score (nSPS) is 25.5. The minimum Gasteiger partial charge on any atom is -0.352 e. The minimum atomic E-state index is -0.0851. The molecule has 0 heterocycles. The summed E-state index contributed by atoms with van der Waals surface area (Å²) in [6, 6.07) is 0.637. The number of rotatable bonds is 8. The fourth-order valence-electron chi connectivity index (χ4n) is 2.23. The second-order valence-electron chi connectivity index (χ2n) is 4.06. The van der Waals surface area contributed by atoms with Gasteiger partial charge in [-0.2, -0.15) is 11.8 Å². The summed E-state index contributed by atoms with van der Waals surface area (Å²) in [5, 5.41) is 4.35. The Bertz CT molecular complexity index is 174. The van der Waals surface area contributed by atoms with E-state index in [4.69, 9.17) is 9.47 Å². The van der Waals surface area contributed by atoms with Crippen molar-refractivity contribution in [3.05, 3.63) is 0 Å². The lowest BCUT2D eigenvalue weighted by Gasteiger charge is -2.23. The molecule has 0 aliphatic heterocycles. The zero-order valence-electron chi connectivity index (χ0n) is 10.7. The van der Waals surface area contributed by atoms with E-state index < -0.39 is 0 Å². The van der Waals surface area contributed by atoms with Gasteiger partial charge in [-0.05, 0) is 32.9 Å². The number of nitrogens with one attached hydrogen (secondary N) is 1. The maximum absolute atomic E-state index is 5.52. The molecular weight excluding hydrogens is 222 g/mol. The van der Waals surface area contributed by atoms with E-state index in [0.29, 0.717) is 19.3 Å². The van der Waals surface area contributed by atoms with E-state index in [1.807, 2.05) is 25.6 Å². The summed E-state index contributed by atoms with van der Waals surface area (Å²) in [6.07, 6.45) is 6.09. The number of hydrogen-bond donors (Lipinski definition) is 1. The first-order valence-electron chi connectivity index (χ1n) is 6.31. The van der Waals surface area contributed by atoms with Crippen LogP contribution in [0.5, 0.6) is 0 Å². The summed E-state index contributed by atoms with van der Waals surface area (Å²) < 4.78 is 11.0. The van der Waals surface area contributed by atoms with Crippen LogP contribution < -0.4 is 5.32 Å². The van der Waals surface area contributed by atoms with E-state index in [9.17, 15) is 0 Å². The van der Waals surface area contributed by atoms with E-state index in [0.717, 1.165) is 11.8 Å². The Morgan fingerprint density at radius 1 is 1.25 bits per heavy atom. The van der Waals surface area contributed by atoms with Crippen LogP contribution in [0, 0.1) is 0 Å². The molecule has 16 heavy (non-hydrogen) atoms. The van der Waals surface area contributed by atoms with Crippen molar-refractivity contribution in [3.63, 3.8) is 0 Å². The quantitative estimate of drug-likeness (QED) is 0.667. The Kier molecular flexibility index (Phi) is 7.45. The highest BCUT2D eigenvalue weighted by Gasteiger charge is 2.26. The number of hydrogen-bond acceptors (Lipinski definition) is 4. The topological polar surface area (TPSA) is 30.5 Å². The first kappa shape index (κ1) is 14.3. The molecule has 0 radical (unpaired) electrons. The SMILES string of the molecule is CCOC(CNC1CCCC1SC)OCC. The van der Waals surface area contributed by atoms with Gasteiger partial charge in [0.1, 0.15) is 0 Å². The van der Waals surface area contributed by atoms with Gasteiger partial charge in [-0.25, -0.2) is 0 Å². The van der Waals surface area contributed by atoms with Crippen molar-refractivity contribution in [1.82, 2.24) is 5.32 Å². The first-order valence-corrected chi connectivity index (χ1v) is 7.60. The van der Waals surface area contributed by atoms with Crippen LogP contribution in [0.15, 0.2) is 0 Å². The van der Waals surface area contributed by atoms with Gasteiger partial charge in [0.15, 0.2) is 6.29 Å². The molecule has 1 N–H and O–H groups in total. The predicted molar refractivity (Wildman–Crippen MR) is 70.0 cm³/mol.